The Labute approximate surface area is 436 Å². The van der Waals surface area contributed by atoms with Crippen LogP contribution in [0.2, 0.25) is 0 Å². The standard InChI is InChI=1S/C50H67N9O17/c1-5-25(2)40(57-45(70)35(21-30-13-17-32(64)18-14-30)53-43(68)33(52-38(65)23-51)20-29-11-15-31(63)16-12-29)48(73)58-41(26(3)61)49(74)56-37(24-60)47(72)55-36(22-39(66)67)44(69)54-34(19-28-9-7-6-8-10-28)46(71)59-42(27(4)62)50(75)76/h6-18,25-27,33-37,40-42,60-64H,5,19-24,51H2,1-4H3,(H,52,65)(H,53,68)(H,54,69)(H,55,72)(H,56,74)(H,57,70)(H,58,73)(H,59,71)(H,66,67)(H,75,76)/t25-,26+,27+,33-,34-,35-,36-,37-,40-,41-,42-/m0/s1. The molecule has 17 N–H and O–H groups in total. The Bertz CT molecular complexity index is 2480. The van der Waals surface area contributed by atoms with Crippen LogP contribution in [-0.4, -0.2) is 169 Å². The highest BCUT2D eigenvalue weighted by molar-refractivity contribution is 5.99. The molecule has 0 aliphatic rings. The van der Waals surface area contributed by atoms with Gasteiger partial charge in [0.25, 0.3) is 0 Å². The van der Waals surface area contributed by atoms with E-state index in [9.17, 15) is 83.7 Å². The van der Waals surface area contributed by atoms with E-state index in [-0.39, 0.29) is 37.2 Å². The van der Waals surface area contributed by atoms with Crippen molar-refractivity contribution in [3.05, 3.63) is 95.6 Å². The Morgan fingerprint density at radius 2 is 0.842 bits per heavy atom. The molecule has 0 aliphatic carbocycles. The van der Waals surface area contributed by atoms with Crippen LogP contribution in [0, 0.1) is 5.92 Å². The van der Waals surface area contributed by atoms with Crippen LogP contribution < -0.4 is 48.3 Å². The number of aliphatic carboxylic acids is 2. The molecule has 0 aromatic heterocycles. The SMILES string of the molecule is CC[C@H](C)[C@H](NC(=O)[C@H](Cc1ccc(O)cc1)NC(=O)[C@H](Cc1ccc(O)cc1)NC(=O)CN)C(=O)N[C@H](C(=O)N[C@@H](CO)C(=O)N[C@@H](CC(=O)O)C(=O)N[C@@H](Cc1ccccc1)C(=O)N[C@H](C(=O)O)[C@@H](C)O)[C@@H](C)O. The van der Waals surface area contributed by atoms with Crippen molar-refractivity contribution in [1.29, 1.82) is 0 Å². The normalized spacial score (nSPS) is 15.4. The van der Waals surface area contributed by atoms with Crippen molar-refractivity contribution in [2.75, 3.05) is 13.2 Å². The topological polar surface area (TPSA) is 435 Å². The second-order valence-corrected chi connectivity index (χ2v) is 17.9. The second-order valence-electron chi connectivity index (χ2n) is 17.9. The summed E-state index contributed by atoms with van der Waals surface area (Å²) in [6.45, 7) is 3.75. The monoisotopic (exact) mass is 1070 g/mol. The summed E-state index contributed by atoms with van der Waals surface area (Å²) in [5, 5.41) is 88.4. The maximum Gasteiger partial charge on any atom is 0.328 e. The molecule has 0 saturated carbocycles. The van der Waals surface area contributed by atoms with Crippen LogP contribution in [0.15, 0.2) is 78.9 Å². The number of benzene rings is 3. The number of carboxylic acid groups (broad SMARTS) is 2. The largest absolute Gasteiger partial charge is 0.508 e. The van der Waals surface area contributed by atoms with Crippen LogP contribution in [-0.2, 0) is 67.2 Å². The van der Waals surface area contributed by atoms with E-state index in [4.69, 9.17) is 5.73 Å². The van der Waals surface area contributed by atoms with Crippen molar-refractivity contribution in [1.82, 2.24) is 42.5 Å². The number of amides is 8. The molecule has 26 heteroatoms. The number of nitrogens with one attached hydrogen (secondary N) is 8. The van der Waals surface area contributed by atoms with Crippen molar-refractivity contribution in [3.8, 4) is 11.5 Å². The number of rotatable bonds is 30. The van der Waals surface area contributed by atoms with Gasteiger partial charge in [-0.2, -0.15) is 0 Å². The van der Waals surface area contributed by atoms with Gasteiger partial charge in [0, 0.05) is 19.3 Å². The number of phenolic OH excluding ortho intramolecular Hbond substituents is 2. The molecule has 11 atom stereocenters. The van der Waals surface area contributed by atoms with Crippen LogP contribution in [0.4, 0.5) is 0 Å². The minimum Gasteiger partial charge on any atom is -0.508 e. The van der Waals surface area contributed by atoms with Crippen molar-refractivity contribution < 1.29 is 83.7 Å². The zero-order valence-corrected chi connectivity index (χ0v) is 42.1. The number of hydrogen-bond donors (Lipinski definition) is 16. The minimum atomic E-state index is -2.00. The number of carbonyl (C=O) groups is 10. The maximum absolute atomic E-state index is 14.3. The molecule has 0 unspecified atom stereocenters. The fraction of sp³-hybridized carbons (Fsp3) is 0.440. The first-order valence-electron chi connectivity index (χ1n) is 24.0. The Morgan fingerprint density at radius 3 is 1.26 bits per heavy atom. The molecule has 26 nitrogen and oxygen atoms in total. The summed E-state index contributed by atoms with van der Waals surface area (Å²) in [5.41, 5.74) is 6.91. The molecule has 0 spiro atoms. The number of phenols is 2. The van der Waals surface area contributed by atoms with Crippen molar-refractivity contribution >= 4 is 59.2 Å². The van der Waals surface area contributed by atoms with Crippen molar-refractivity contribution in [2.45, 2.75) is 120 Å². The molecule has 0 bridgehead atoms. The van der Waals surface area contributed by atoms with Crippen molar-refractivity contribution in [2.24, 2.45) is 11.7 Å². The predicted molar refractivity (Wildman–Crippen MR) is 268 cm³/mol. The number of hydrogen-bond acceptors (Lipinski definition) is 16. The van der Waals surface area contributed by atoms with Gasteiger partial charge >= 0.3 is 11.9 Å². The van der Waals surface area contributed by atoms with Crippen LogP contribution in [0.25, 0.3) is 0 Å². The van der Waals surface area contributed by atoms with E-state index in [0.29, 0.717) is 16.7 Å². The molecule has 0 fully saturated rings. The van der Waals surface area contributed by atoms with E-state index in [2.05, 4.69) is 42.5 Å². The number of carbonyl (C=O) groups excluding carboxylic acids is 8. The minimum absolute atomic E-state index is 0.0579. The Hall–Kier alpha value is -8.20. The Balaban J connectivity index is 1.86. The van der Waals surface area contributed by atoms with E-state index >= 15 is 0 Å². The summed E-state index contributed by atoms with van der Waals surface area (Å²) in [6, 6.07) is 5.79. The van der Waals surface area contributed by atoms with E-state index in [0.717, 1.165) is 13.8 Å². The lowest BCUT2D eigenvalue weighted by Crippen LogP contribution is -2.63. The van der Waals surface area contributed by atoms with Crippen LogP contribution >= 0.6 is 0 Å². The number of nitrogens with two attached hydrogens (primary N) is 1. The van der Waals surface area contributed by atoms with Crippen LogP contribution in [0.3, 0.4) is 0 Å². The molecule has 0 aliphatic heterocycles. The summed E-state index contributed by atoms with van der Waals surface area (Å²) in [6.07, 6.45) is -4.81. The Kier molecular flexibility index (Phi) is 24.7. The van der Waals surface area contributed by atoms with Gasteiger partial charge in [0.05, 0.1) is 31.8 Å². The van der Waals surface area contributed by atoms with E-state index in [1.54, 1.807) is 44.2 Å². The van der Waals surface area contributed by atoms with Gasteiger partial charge < -0.3 is 84.0 Å². The highest BCUT2D eigenvalue weighted by atomic mass is 16.4. The zero-order chi connectivity index (χ0) is 56.8. The zero-order valence-electron chi connectivity index (χ0n) is 42.1. The molecule has 3 rings (SSSR count). The van der Waals surface area contributed by atoms with Gasteiger partial charge in [-0.05, 0) is 60.7 Å². The van der Waals surface area contributed by atoms with Gasteiger partial charge in [-0.1, -0.05) is 74.9 Å². The molecule has 0 saturated heterocycles. The molecular weight excluding hydrogens is 999 g/mol. The van der Waals surface area contributed by atoms with Crippen LogP contribution in [0.5, 0.6) is 11.5 Å². The first kappa shape index (κ1) is 62.1. The average Bonchev–Trinajstić information content (AvgIpc) is 3.37. The van der Waals surface area contributed by atoms with Crippen molar-refractivity contribution in [3.63, 3.8) is 0 Å². The smallest absolute Gasteiger partial charge is 0.328 e. The first-order valence-corrected chi connectivity index (χ1v) is 24.0. The van der Waals surface area contributed by atoms with E-state index < -0.39 is 145 Å². The molecule has 3 aromatic carbocycles. The number of aliphatic hydroxyl groups is 3. The van der Waals surface area contributed by atoms with Gasteiger partial charge in [0.15, 0.2) is 6.04 Å². The fourth-order valence-corrected chi connectivity index (χ4v) is 7.37. The summed E-state index contributed by atoms with van der Waals surface area (Å²) in [4.78, 5) is 133. The molecule has 0 radical (unpaired) electrons. The third-order valence-electron chi connectivity index (χ3n) is 11.9. The van der Waals surface area contributed by atoms with Crippen LogP contribution in [0.1, 0.15) is 57.2 Å². The third-order valence-corrected chi connectivity index (χ3v) is 11.9. The molecule has 0 heterocycles. The highest BCUT2D eigenvalue weighted by Crippen LogP contribution is 2.16. The first-order chi connectivity index (χ1) is 35.9. The van der Waals surface area contributed by atoms with Gasteiger partial charge in [0.1, 0.15) is 53.8 Å². The predicted octanol–water partition coefficient (Wildman–Crippen LogP) is -3.68. The quantitative estimate of drug-likeness (QED) is 0.0306. The van der Waals surface area contributed by atoms with E-state index in [1.807, 2.05) is 0 Å². The second kappa shape index (κ2) is 30.2. The highest BCUT2D eigenvalue weighted by Gasteiger charge is 2.38. The third kappa shape index (κ3) is 19.9. The van der Waals surface area contributed by atoms with Gasteiger partial charge in [0.2, 0.25) is 47.3 Å². The summed E-state index contributed by atoms with van der Waals surface area (Å²) < 4.78 is 0. The Morgan fingerprint density at radius 1 is 0.474 bits per heavy atom. The lowest BCUT2D eigenvalue weighted by Gasteiger charge is -2.30. The van der Waals surface area contributed by atoms with Gasteiger partial charge in [-0.25, -0.2) is 4.79 Å². The molecule has 76 heavy (non-hydrogen) atoms. The lowest BCUT2D eigenvalue weighted by atomic mass is 9.96. The van der Waals surface area contributed by atoms with Gasteiger partial charge in [-0.15, -0.1) is 0 Å². The average molecular weight is 1070 g/mol. The summed E-state index contributed by atoms with van der Waals surface area (Å²) in [5.74, 6) is -12.6. The maximum atomic E-state index is 14.3. The number of aromatic hydroxyl groups is 2. The summed E-state index contributed by atoms with van der Waals surface area (Å²) >= 11 is 0. The molecule has 8 amide bonds. The van der Waals surface area contributed by atoms with E-state index in [1.165, 1.54) is 48.5 Å². The fourth-order valence-electron chi connectivity index (χ4n) is 7.37. The lowest BCUT2D eigenvalue weighted by molar-refractivity contribution is -0.145. The number of aliphatic hydroxyl groups excluding tert-OH is 3. The molecule has 3 aromatic rings. The number of carboxylic acids is 2. The van der Waals surface area contributed by atoms with Gasteiger partial charge in [-0.3, -0.25) is 43.2 Å². The molecular formula is C50H67N9O17. The molecule has 414 valence electrons. The summed E-state index contributed by atoms with van der Waals surface area (Å²) in [7, 11) is 0.